The zero-order chi connectivity index (χ0) is 19.9. The third kappa shape index (κ3) is 5.08. The molecule has 1 atom stereocenters. The molecule has 1 saturated carbocycles. The van der Waals surface area contributed by atoms with E-state index >= 15 is 0 Å². The van der Waals surface area contributed by atoms with Crippen LogP contribution in [0, 0.1) is 12.7 Å². The van der Waals surface area contributed by atoms with Gasteiger partial charge in [0.2, 0.25) is 10.0 Å². The normalized spacial score (nSPS) is 19.2. The van der Waals surface area contributed by atoms with Gasteiger partial charge in [-0.15, -0.1) is 11.3 Å². The van der Waals surface area contributed by atoms with Crippen LogP contribution < -0.4 is 4.72 Å². The lowest BCUT2D eigenvalue weighted by Crippen LogP contribution is -2.34. The second-order valence-corrected chi connectivity index (χ2v) is 10.5. The summed E-state index contributed by atoms with van der Waals surface area (Å²) in [5.41, 5.74) is 1.70. The Hall–Kier alpha value is -1.26. The van der Waals surface area contributed by atoms with Crippen LogP contribution in [0.4, 0.5) is 4.39 Å². The highest BCUT2D eigenvalue weighted by Gasteiger charge is 2.34. The van der Waals surface area contributed by atoms with Gasteiger partial charge in [-0.3, -0.25) is 4.79 Å². The number of hydrogen-bond acceptors (Lipinski definition) is 5. The minimum atomic E-state index is -3.68. The molecule has 5 nitrogen and oxygen atoms in total. The number of carbonyl (C=O) groups excluding carboxylic acids is 1. The SMILES string of the molecule is Cc1cc(CC(=O)c2cc(S(=O)(=O)N[C@H]3CCOC3)sc2C2CC2)ccc1F.S. The van der Waals surface area contributed by atoms with Crippen molar-refractivity contribution in [3.05, 3.63) is 51.7 Å². The maximum absolute atomic E-state index is 13.5. The topological polar surface area (TPSA) is 72.5 Å². The van der Waals surface area contributed by atoms with Crippen LogP contribution in [0.2, 0.25) is 0 Å². The van der Waals surface area contributed by atoms with E-state index < -0.39 is 10.0 Å². The number of nitrogens with one attached hydrogen (secondary N) is 1. The molecule has 2 heterocycles. The van der Waals surface area contributed by atoms with Crippen molar-refractivity contribution in [2.24, 2.45) is 0 Å². The zero-order valence-corrected chi connectivity index (χ0v) is 18.7. The molecule has 0 spiro atoms. The fraction of sp³-hybridized carbons (Fsp3) is 0.450. The Kier molecular flexibility index (Phi) is 6.84. The summed E-state index contributed by atoms with van der Waals surface area (Å²) in [7, 11) is -3.68. The Morgan fingerprint density at radius 1 is 1.28 bits per heavy atom. The Labute approximate surface area is 181 Å². The second-order valence-electron chi connectivity index (χ2n) is 7.48. The minimum absolute atomic E-state index is 0. The fourth-order valence-electron chi connectivity index (χ4n) is 3.38. The highest BCUT2D eigenvalue weighted by Crippen LogP contribution is 2.46. The lowest BCUT2D eigenvalue weighted by atomic mass is 10.0. The quantitative estimate of drug-likeness (QED) is 0.644. The van der Waals surface area contributed by atoms with E-state index in [-0.39, 0.29) is 47.7 Å². The van der Waals surface area contributed by atoms with Gasteiger partial charge in [0.25, 0.3) is 0 Å². The first-order valence-electron chi connectivity index (χ1n) is 9.35. The van der Waals surface area contributed by atoms with Crippen LogP contribution in [-0.4, -0.2) is 33.5 Å². The molecule has 158 valence electrons. The predicted molar refractivity (Wildman–Crippen MR) is 115 cm³/mol. The minimum Gasteiger partial charge on any atom is -0.380 e. The molecule has 1 aromatic carbocycles. The van der Waals surface area contributed by atoms with Crippen molar-refractivity contribution in [3.8, 4) is 0 Å². The summed E-state index contributed by atoms with van der Waals surface area (Å²) in [5.74, 6) is -0.173. The monoisotopic (exact) mass is 457 g/mol. The molecule has 1 aromatic heterocycles. The molecule has 1 saturated heterocycles. The standard InChI is InChI=1S/C20H22FNO4S2.H2S/c1-12-8-13(2-5-17(12)21)9-18(23)16-10-19(27-20(16)14-3-4-14)28(24,25)22-15-6-7-26-11-15;/h2,5,8,10,14-15,22H,3-4,6-7,9,11H2,1H3;1H2/t15-;/m0./s1. The third-order valence-electron chi connectivity index (χ3n) is 5.09. The van der Waals surface area contributed by atoms with Gasteiger partial charge in [0.1, 0.15) is 10.0 Å². The zero-order valence-electron chi connectivity index (χ0n) is 16.0. The van der Waals surface area contributed by atoms with Crippen molar-refractivity contribution in [2.45, 2.75) is 48.8 Å². The van der Waals surface area contributed by atoms with E-state index in [1.54, 1.807) is 19.1 Å². The van der Waals surface area contributed by atoms with Crippen molar-refractivity contribution in [1.29, 1.82) is 0 Å². The second kappa shape index (κ2) is 8.85. The number of ether oxygens (including phenoxy) is 1. The molecule has 1 aliphatic heterocycles. The van der Waals surface area contributed by atoms with Gasteiger partial charge in [-0.2, -0.15) is 13.5 Å². The molecule has 0 bridgehead atoms. The van der Waals surface area contributed by atoms with Gasteiger partial charge in [0.05, 0.1) is 6.61 Å². The number of aryl methyl sites for hydroxylation is 1. The van der Waals surface area contributed by atoms with E-state index in [1.807, 2.05) is 0 Å². The van der Waals surface area contributed by atoms with Gasteiger partial charge in [0, 0.05) is 29.5 Å². The Balaban J connectivity index is 0.00000240. The molecule has 2 aliphatic rings. The third-order valence-corrected chi connectivity index (χ3v) is 8.38. The summed E-state index contributed by atoms with van der Waals surface area (Å²) >= 11 is 1.19. The smallest absolute Gasteiger partial charge is 0.250 e. The molecule has 2 fully saturated rings. The number of ketones is 1. The van der Waals surface area contributed by atoms with E-state index in [0.717, 1.165) is 23.3 Å². The lowest BCUT2D eigenvalue weighted by Gasteiger charge is -2.09. The molecule has 1 N–H and O–H groups in total. The van der Waals surface area contributed by atoms with E-state index in [1.165, 1.54) is 23.5 Å². The molecule has 4 rings (SSSR count). The van der Waals surface area contributed by atoms with E-state index in [2.05, 4.69) is 4.72 Å². The summed E-state index contributed by atoms with van der Waals surface area (Å²) in [6.45, 7) is 2.58. The van der Waals surface area contributed by atoms with Crippen molar-refractivity contribution in [2.75, 3.05) is 13.2 Å². The number of hydrogen-bond donors (Lipinski definition) is 1. The Bertz CT molecular complexity index is 1010. The van der Waals surface area contributed by atoms with Gasteiger partial charge in [-0.25, -0.2) is 17.5 Å². The number of sulfonamides is 1. The fourth-order valence-corrected chi connectivity index (χ4v) is 6.33. The van der Waals surface area contributed by atoms with Crippen LogP contribution in [0.1, 0.15) is 51.5 Å². The van der Waals surface area contributed by atoms with Crippen LogP contribution in [-0.2, 0) is 21.2 Å². The number of benzene rings is 1. The number of thiophene rings is 1. The first kappa shape index (κ1) is 22.4. The maximum Gasteiger partial charge on any atom is 0.250 e. The summed E-state index contributed by atoms with van der Waals surface area (Å²) in [6, 6.07) is 5.91. The number of halogens is 1. The largest absolute Gasteiger partial charge is 0.380 e. The predicted octanol–water partition coefficient (Wildman–Crippen LogP) is 3.68. The van der Waals surface area contributed by atoms with E-state index in [0.29, 0.717) is 30.8 Å². The highest BCUT2D eigenvalue weighted by molar-refractivity contribution is 7.91. The number of carbonyl (C=O) groups is 1. The Morgan fingerprint density at radius 2 is 2.03 bits per heavy atom. The van der Waals surface area contributed by atoms with E-state index in [9.17, 15) is 17.6 Å². The first-order valence-corrected chi connectivity index (χ1v) is 11.7. The van der Waals surface area contributed by atoms with Crippen molar-refractivity contribution >= 4 is 40.6 Å². The molecule has 9 heteroatoms. The van der Waals surface area contributed by atoms with Gasteiger partial charge in [-0.05, 0) is 55.4 Å². The lowest BCUT2D eigenvalue weighted by molar-refractivity contribution is 0.0992. The number of rotatable bonds is 7. The van der Waals surface area contributed by atoms with Crippen LogP contribution in [0.5, 0.6) is 0 Å². The van der Waals surface area contributed by atoms with Gasteiger partial charge in [0.15, 0.2) is 5.78 Å². The summed E-state index contributed by atoms with van der Waals surface area (Å²) in [4.78, 5) is 13.8. The van der Waals surface area contributed by atoms with Gasteiger partial charge in [-0.1, -0.05) is 12.1 Å². The summed E-state index contributed by atoms with van der Waals surface area (Å²) in [6.07, 6.45) is 2.72. The highest BCUT2D eigenvalue weighted by atomic mass is 32.2. The average molecular weight is 458 g/mol. The van der Waals surface area contributed by atoms with Crippen LogP contribution in [0.3, 0.4) is 0 Å². The average Bonchev–Trinajstić information content (AvgIpc) is 3.16. The molecule has 1 aliphatic carbocycles. The molecule has 2 aromatic rings. The molecular weight excluding hydrogens is 433 g/mol. The van der Waals surface area contributed by atoms with Crippen LogP contribution in [0.25, 0.3) is 0 Å². The molecule has 0 radical (unpaired) electrons. The maximum atomic E-state index is 13.5. The van der Waals surface area contributed by atoms with Crippen molar-refractivity contribution in [3.63, 3.8) is 0 Å². The van der Waals surface area contributed by atoms with Crippen molar-refractivity contribution in [1.82, 2.24) is 4.72 Å². The first-order chi connectivity index (χ1) is 13.3. The van der Waals surface area contributed by atoms with Crippen LogP contribution >= 0.6 is 24.8 Å². The summed E-state index contributed by atoms with van der Waals surface area (Å²) < 4.78 is 47.1. The molecule has 0 amide bonds. The molecule has 0 unspecified atom stereocenters. The Morgan fingerprint density at radius 3 is 2.66 bits per heavy atom. The van der Waals surface area contributed by atoms with Gasteiger partial charge < -0.3 is 4.74 Å². The van der Waals surface area contributed by atoms with Gasteiger partial charge >= 0.3 is 0 Å². The number of Topliss-reactive ketones (excluding diaryl/α,β-unsaturated/α-hetero) is 1. The van der Waals surface area contributed by atoms with E-state index in [4.69, 9.17) is 4.74 Å². The van der Waals surface area contributed by atoms with Crippen molar-refractivity contribution < 1.29 is 22.3 Å². The molecular formula is C20H24FNO4S3. The van der Waals surface area contributed by atoms with Crippen LogP contribution in [0.15, 0.2) is 28.5 Å². The molecule has 29 heavy (non-hydrogen) atoms. The summed E-state index contributed by atoms with van der Waals surface area (Å²) in [5, 5.41) is 0.